The number of carbonyl (C=O) groups excluding carboxylic acids is 2. The quantitative estimate of drug-likeness (QED) is 0.797. The third-order valence-corrected chi connectivity index (χ3v) is 2.88. The van der Waals surface area contributed by atoms with E-state index in [9.17, 15) is 9.59 Å². The van der Waals surface area contributed by atoms with E-state index in [1.165, 1.54) is 0 Å². The van der Waals surface area contributed by atoms with Crippen LogP contribution in [0.25, 0.3) is 6.08 Å². The lowest BCUT2D eigenvalue weighted by atomic mass is 10.2. The van der Waals surface area contributed by atoms with Gasteiger partial charge in [0.15, 0.2) is 0 Å². The topological polar surface area (TPSA) is 55.4 Å². The highest BCUT2D eigenvalue weighted by Gasteiger charge is 2.25. The summed E-state index contributed by atoms with van der Waals surface area (Å²) in [4.78, 5) is 22.7. The molecule has 0 spiro atoms. The second kappa shape index (κ2) is 4.40. The molecule has 5 heteroatoms. The van der Waals surface area contributed by atoms with E-state index < -0.39 is 0 Å². The molecule has 1 N–H and O–H groups in total. The van der Waals surface area contributed by atoms with E-state index in [0.717, 1.165) is 17.3 Å². The Bertz CT molecular complexity index is 482. The van der Waals surface area contributed by atoms with Gasteiger partial charge in [-0.2, -0.15) is 0 Å². The minimum absolute atomic E-state index is 0.342. The standard InChI is InChI=1S/C11H9NO3S/c1-15-8-5-3-2-4-7(8)6-9-10(13)12-11(14)16-9/h2-6H,1H3,(H,12,13,14). The van der Waals surface area contributed by atoms with Gasteiger partial charge in [0.05, 0.1) is 12.0 Å². The number of amides is 2. The molecule has 4 nitrogen and oxygen atoms in total. The van der Waals surface area contributed by atoms with Gasteiger partial charge < -0.3 is 4.74 Å². The lowest BCUT2D eigenvalue weighted by molar-refractivity contribution is -0.115. The zero-order chi connectivity index (χ0) is 11.5. The fourth-order valence-electron chi connectivity index (χ4n) is 1.35. The smallest absolute Gasteiger partial charge is 0.290 e. The molecule has 0 aliphatic carbocycles. The molecule has 0 atom stereocenters. The second-order valence-electron chi connectivity index (χ2n) is 3.09. The summed E-state index contributed by atoms with van der Waals surface area (Å²) in [6, 6.07) is 7.30. The predicted molar refractivity (Wildman–Crippen MR) is 62.1 cm³/mol. The zero-order valence-corrected chi connectivity index (χ0v) is 9.34. The van der Waals surface area contributed by atoms with Crippen LogP contribution < -0.4 is 10.1 Å². The third kappa shape index (κ3) is 2.09. The lowest BCUT2D eigenvalue weighted by Crippen LogP contribution is -2.17. The van der Waals surface area contributed by atoms with Crippen LogP contribution in [-0.2, 0) is 4.79 Å². The van der Waals surface area contributed by atoms with E-state index in [4.69, 9.17) is 4.74 Å². The number of hydrogen-bond acceptors (Lipinski definition) is 4. The molecule has 16 heavy (non-hydrogen) atoms. The van der Waals surface area contributed by atoms with E-state index in [-0.39, 0.29) is 11.1 Å². The van der Waals surface area contributed by atoms with Gasteiger partial charge in [0.25, 0.3) is 11.1 Å². The maximum Gasteiger partial charge on any atom is 0.290 e. The molecule has 2 amide bonds. The fraction of sp³-hybridized carbons (Fsp3) is 0.0909. The van der Waals surface area contributed by atoms with Crippen molar-refractivity contribution >= 4 is 29.0 Å². The molecular formula is C11H9NO3S. The van der Waals surface area contributed by atoms with Crippen LogP contribution in [0.2, 0.25) is 0 Å². The number of carbonyl (C=O) groups is 2. The first-order valence-corrected chi connectivity index (χ1v) is 5.40. The summed E-state index contributed by atoms with van der Waals surface area (Å²) in [6.07, 6.45) is 1.64. The molecule has 0 radical (unpaired) electrons. The Morgan fingerprint density at radius 1 is 1.31 bits per heavy atom. The van der Waals surface area contributed by atoms with Gasteiger partial charge in [-0.05, 0) is 23.9 Å². The van der Waals surface area contributed by atoms with E-state index in [2.05, 4.69) is 5.32 Å². The van der Waals surface area contributed by atoms with Crippen LogP contribution in [0.1, 0.15) is 5.56 Å². The van der Waals surface area contributed by atoms with Crippen LogP contribution in [0.4, 0.5) is 4.79 Å². The molecule has 2 rings (SSSR count). The highest BCUT2D eigenvalue weighted by Crippen LogP contribution is 2.28. The van der Waals surface area contributed by atoms with Gasteiger partial charge in [0.1, 0.15) is 5.75 Å². The zero-order valence-electron chi connectivity index (χ0n) is 8.52. The van der Waals surface area contributed by atoms with Gasteiger partial charge in [0, 0.05) is 5.56 Å². The van der Waals surface area contributed by atoms with E-state index >= 15 is 0 Å². The number of ether oxygens (including phenoxy) is 1. The molecule has 0 aromatic heterocycles. The molecule has 1 fully saturated rings. The van der Waals surface area contributed by atoms with Crippen LogP contribution in [0.15, 0.2) is 29.2 Å². The number of para-hydroxylation sites is 1. The molecule has 0 unspecified atom stereocenters. The second-order valence-corrected chi connectivity index (χ2v) is 4.11. The van der Waals surface area contributed by atoms with Crippen molar-refractivity contribution in [3.8, 4) is 5.75 Å². The summed E-state index contributed by atoms with van der Waals surface area (Å²) in [7, 11) is 1.56. The molecule has 0 saturated carbocycles. The largest absolute Gasteiger partial charge is 0.496 e. The first-order valence-electron chi connectivity index (χ1n) is 4.58. The highest BCUT2D eigenvalue weighted by molar-refractivity contribution is 8.18. The Morgan fingerprint density at radius 3 is 2.69 bits per heavy atom. The van der Waals surface area contributed by atoms with Gasteiger partial charge >= 0.3 is 0 Å². The third-order valence-electron chi connectivity index (χ3n) is 2.07. The SMILES string of the molecule is COc1ccccc1C=C1SC(=O)NC1=O. The number of methoxy groups -OCH3 is 1. The van der Waals surface area contributed by atoms with Gasteiger partial charge in [-0.25, -0.2) is 0 Å². The Morgan fingerprint density at radius 2 is 2.06 bits per heavy atom. The van der Waals surface area contributed by atoms with E-state index in [1.54, 1.807) is 19.3 Å². The van der Waals surface area contributed by atoms with E-state index in [0.29, 0.717) is 10.7 Å². The minimum Gasteiger partial charge on any atom is -0.496 e. The highest BCUT2D eigenvalue weighted by atomic mass is 32.2. The van der Waals surface area contributed by atoms with E-state index in [1.807, 2.05) is 18.2 Å². The molecule has 1 heterocycles. The normalized spacial score (nSPS) is 17.7. The van der Waals surface area contributed by atoms with Crippen LogP contribution in [-0.4, -0.2) is 18.3 Å². The van der Waals surface area contributed by atoms with Crippen molar-refractivity contribution in [1.29, 1.82) is 0 Å². The van der Waals surface area contributed by atoms with Crippen LogP contribution in [0.3, 0.4) is 0 Å². The Labute approximate surface area is 96.7 Å². The molecule has 1 saturated heterocycles. The molecular weight excluding hydrogens is 226 g/mol. The first-order chi connectivity index (χ1) is 7.70. The number of rotatable bonds is 2. The summed E-state index contributed by atoms with van der Waals surface area (Å²) >= 11 is 0.894. The Hall–Kier alpha value is -1.75. The van der Waals surface area contributed by atoms with Crippen molar-refractivity contribution in [2.75, 3.05) is 7.11 Å². The summed E-state index contributed by atoms with van der Waals surface area (Å²) in [5.41, 5.74) is 0.775. The van der Waals surface area contributed by atoms with Crippen LogP contribution in [0.5, 0.6) is 5.75 Å². The average Bonchev–Trinajstić information content (AvgIpc) is 2.58. The minimum atomic E-state index is -0.360. The average molecular weight is 235 g/mol. The number of nitrogens with one attached hydrogen (secondary N) is 1. The van der Waals surface area contributed by atoms with Crippen LogP contribution in [0, 0.1) is 0 Å². The van der Waals surface area contributed by atoms with Crippen molar-refractivity contribution in [3.05, 3.63) is 34.7 Å². The maximum absolute atomic E-state index is 11.3. The van der Waals surface area contributed by atoms with Crippen molar-refractivity contribution < 1.29 is 14.3 Å². The Kier molecular flexibility index (Phi) is 2.96. The molecule has 1 aliphatic heterocycles. The van der Waals surface area contributed by atoms with Gasteiger partial charge in [-0.1, -0.05) is 18.2 Å². The van der Waals surface area contributed by atoms with Gasteiger partial charge in [-0.15, -0.1) is 0 Å². The summed E-state index contributed by atoms with van der Waals surface area (Å²) in [5, 5.41) is 1.86. The van der Waals surface area contributed by atoms with Gasteiger partial charge in [0.2, 0.25) is 0 Å². The van der Waals surface area contributed by atoms with Crippen molar-refractivity contribution in [2.24, 2.45) is 0 Å². The molecule has 1 aliphatic rings. The van der Waals surface area contributed by atoms with Crippen LogP contribution >= 0.6 is 11.8 Å². The molecule has 1 aromatic rings. The summed E-state index contributed by atoms with van der Waals surface area (Å²) in [5.74, 6) is 0.309. The maximum atomic E-state index is 11.3. The predicted octanol–water partition coefficient (Wildman–Crippen LogP) is 2.02. The van der Waals surface area contributed by atoms with Gasteiger partial charge in [-0.3, -0.25) is 14.9 Å². The molecule has 1 aromatic carbocycles. The fourth-order valence-corrected chi connectivity index (χ4v) is 2.02. The first kappa shape index (κ1) is 10.8. The lowest BCUT2D eigenvalue weighted by Gasteiger charge is -2.03. The van der Waals surface area contributed by atoms with Crippen molar-refractivity contribution in [1.82, 2.24) is 5.32 Å². The monoisotopic (exact) mass is 235 g/mol. The summed E-state index contributed by atoms with van der Waals surface area (Å²) < 4.78 is 5.15. The Balaban J connectivity index is 2.36. The molecule has 0 bridgehead atoms. The summed E-state index contributed by atoms with van der Waals surface area (Å²) in [6.45, 7) is 0. The number of benzene rings is 1. The van der Waals surface area contributed by atoms with Crippen molar-refractivity contribution in [2.45, 2.75) is 0 Å². The number of imide groups is 1. The number of hydrogen-bond donors (Lipinski definition) is 1. The number of thioether (sulfide) groups is 1. The van der Waals surface area contributed by atoms with Crippen molar-refractivity contribution in [3.63, 3.8) is 0 Å². The molecule has 82 valence electrons.